The van der Waals surface area contributed by atoms with Gasteiger partial charge < -0.3 is 14.5 Å². The van der Waals surface area contributed by atoms with E-state index in [9.17, 15) is 14.4 Å². The average Bonchev–Trinajstić information content (AvgIpc) is 2.74. The van der Waals surface area contributed by atoms with E-state index in [2.05, 4.69) is 5.48 Å². The molecule has 178 valence electrons. The summed E-state index contributed by atoms with van der Waals surface area (Å²) in [4.78, 5) is 50.9. The van der Waals surface area contributed by atoms with Gasteiger partial charge in [-0.25, -0.2) is 20.1 Å². The van der Waals surface area contributed by atoms with E-state index in [0.717, 1.165) is 5.56 Å². The van der Waals surface area contributed by atoms with Crippen molar-refractivity contribution in [1.29, 1.82) is 0 Å². The van der Waals surface area contributed by atoms with Gasteiger partial charge in [0, 0.05) is 20.1 Å². The van der Waals surface area contributed by atoms with Gasteiger partial charge in [-0.2, -0.15) is 0 Å². The maximum absolute atomic E-state index is 12.7. The lowest BCUT2D eigenvalue weighted by atomic mass is 10.1. The third kappa shape index (κ3) is 7.69. The molecule has 1 atom stereocenters. The molecule has 1 saturated heterocycles. The van der Waals surface area contributed by atoms with Gasteiger partial charge in [-0.05, 0) is 39.7 Å². The van der Waals surface area contributed by atoms with Crippen LogP contribution >= 0.6 is 0 Å². The van der Waals surface area contributed by atoms with Crippen LogP contribution in [0, 0.1) is 0 Å². The van der Waals surface area contributed by atoms with Crippen LogP contribution in [-0.2, 0) is 25.8 Å². The van der Waals surface area contributed by atoms with Crippen LogP contribution < -0.4 is 5.48 Å². The molecule has 2 rings (SSSR count). The lowest BCUT2D eigenvalue weighted by Crippen LogP contribution is -2.58. The zero-order valence-electron chi connectivity index (χ0n) is 19.5. The number of rotatable bonds is 9. The first kappa shape index (κ1) is 25.4. The van der Waals surface area contributed by atoms with Crippen molar-refractivity contribution in [3.8, 4) is 0 Å². The lowest BCUT2D eigenvalue weighted by Gasteiger charge is -2.39. The minimum atomic E-state index is -0.660. The summed E-state index contributed by atoms with van der Waals surface area (Å²) in [6, 6.07) is 8.53. The Morgan fingerprint density at radius 3 is 2.53 bits per heavy atom. The van der Waals surface area contributed by atoms with E-state index in [1.165, 1.54) is 14.9 Å². The molecule has 0 saturated carbocycles. The van der Waals surface area contributed by atoms with Crippen LogP contribution in [0.1, 0.15) is 39.7 Å². The molecule has 1 heterocycles. The molecular formula is C22H34N4O6. The Balaban J connectivity index is 1.77. The minimum absolute atomic E-state index is 0.0839. The number of likely N-dealkylation sites (N-methyl/N-ethyl adjacent to an activating group) is 2. The molecule has 0 aromatic heterocycles. The zero-order valence-corrected chi connectivity index (χ0v) is 19.5. The monoisotopic (exact) mass is 450 g/mol. The van der Waals surface area contributed by atoms with E-state index in [4.69, 9.17) is 14.4 Å². The molecule has 32 heavy (non-hydrogen) atoms. The molecule has 0 radical (unpaired) electrons. The fourth-order valence-corrected chi connectivity index (χ4v) is 3.05. The van der Waals surface area contributed by atoms with Gasteiger partial charge in [-0.15, -0.1) is 0 Å². The Hall–Kier alpha value is -2.85. The molecule has 0 bridgehead atoms. The van der Waals surface area contributed by atoms with Crippen LogP contribution in [0.3, 0.4) is 0 Å². The third-order valence-corrected chi connectivity index (χ3v) is 4.72. The van der Waals surface area contributed by atoms with Crippen LogP contribution in [0.2, 0.25) is 0 Å². The third-order valence-electron chi connectivity index (χ3n) is 4.72. The number of nitrogens with one attached hydrogen (secondary N) is 1. The summed E-state index contributed by atoms with van der Waals surface area (Å²) in [5.74, 6) is -0.414. The van der Waals surface area contributed by atoms with Gasteiger partial charge in [0.2, 0.25) is 0 Å². The Labute approximate surface area is 189 Å². The van der Waals surface area contributed by atoms with Crippen LogP contribution in [0.15, 0.2) is 30.3 Å². The predicted octanol–water partition coefficient (Wildman–Crippen LogP) is 2.55. The van der Waals surface area contributed by atoms with E-state index < -0.39 is 23.6 Å². The Kier molecular flexibility index (Phi) is 9.27. The maximum Gasteiger partial charge on any atom is 0.410 e. The number of carbonyl (C=O) groups excluding carboxylic acids is 3. The summed E-state index contributed by atoms with van der Waals surface area (Å²) in [5, 5.41) is 1.29. The number of hydrogen-bond donors (Lipinski definition) is 1. The molecule has 1 unspecified atom stereocenters. The summed E-state index contributed by atoms with van der Waals surface area (Å²) in [6.07, 6.45) is -0.0699. The van der Waals surface area contributed by atoms with E-state index in [1.807, 2.05) is 30.3 Å². The normalized spacial score (nSPS) is 16.7. The SMILES string of the molecule is CCN1C(=O)N(OCc2ccccc2)CCC1C(=O)NOCCN(C)C(=O)OC(C)(C)C. The van der Waals surface area contributed by atoms with Gasteiger partial charge in [0.15, 0.2) is 0 Å². The number of urea groups is 1. The van der Waals surface area contributed by atoms with Crippen molar-refractivity contribution in [1.82, 2.24) is 20.3 Å². The van der Waals surface area contributed by atoms with Crippen molar-refractivity contribution in [2.45, 2.75) is 52.4 Å². The topological polar surface area (TPSA) is 101 Å². The molecule has 10 heteroatoms. The summed E-state index contributed by atoms with van der Waals surface area (Å²) < 4.78 is 5.25. The van der Waals surface area contributed by atoms with Gasteiger partial charge in [0.1, 0.15) is 18.2 Å². The van der Waals surface area contributed by atoms with Crippen LogP contribution in [-0.4, -0.2) is 77.8 Å². The fourth-order valence-electron chi connectivity index (χ4n) is 3.05. The van der Waals surface area contributed by atoms with Gasteiger partial charge >= 0.3 is 12.1 Å². The molecule has 1 fully saturated rings. The highest BCUT2D eigenvalue weighted by Gasteiger charge is 2.37. The summed E-state index contributed by atoms with van der Waals surface area (Å²) in [5.41, 5.74) is 2.75. The standard InChI is InChI=1S/C22H34N4O6/c1-6-25-18(12-13-26(20(25)28)31-16-17-10-8-7-9-11-17)19(27)23-30-15-14-24(5)21(29)32-22(2,3)4/h7-11,18H,6,12-16H2,1-5H3,(H,23,27). The van der Waals surface area contributed by atoms with Gasteiger partial charge in [0.25, 0.3) is 5.91 Å². The molecule has 0 spiro atoms. The Morgan fingerprint density at radius 2 is 1.91 bits per heavy atom. The number of hydrogen-bond acceptors (Lipinski definition) is 6. The largest absolute Gasteiger partial charge is 0.444 e. The van der Waals surface area contributed by atoms with Gasteiger partial charge in [-0.3, -0.25) is 14.5 Å². The molecule has 1 N–H and O–H groups in total. The van der Waals surface area contributed by atoms with Crippen molar-refractivity contribution in [3.63, 3.8) is 0 Å². The van der Waals surface area contributed by atoms with E-state index in [0.29, 0.717) is 19.5 Å². The van der Waals surface area contributed by atoms with E-state index in [-0.39, 0.29) is 25.8 Å². The van der Waals surface area contributed by atoms with Crippen molar-refractivity contribution < 1.29 is 28.8 Å². The average molecular weight is 451 g/mol. The first-order valence-corrected chi connectivity index (χ1v) is 10.7. The summed E-state index contributed by atoms with van der Waals surface area (Å²) in [6.45, 7) is 8.39. The second kappa shape index (κ2) is 11.7. The second-order valence-corrected chi connectivity index (χ2v) is 8.45. The first-order valence-electron chi connectivity index (χ1n) is 10.7. The Bertz CT molecular complexity index is 767. The van der Waals surface area contributed by atoms with Gasteiger partial charge in [0.05, 0.1) is 13.2 Å². The number of carbonyl (C=O) groups is 3. The highest BCUT2D eigenvalue weighted by molar-refractivity contribution is 5.87. The molecule has 4 amide bonds. The van der Waals surface area contributed by atoms with Gasteiger partial charge in [-0.1, -0.05) is 30.3 Å². The number of benzene rings is 1. The molecule has 1 aliphatic heterocycles. The van der Waals surface area contributed by atoms with Crippen molar-refractivity contribution >= 4 is 18.0 Å². The van der Waals surface area contributed by atoms with Crippen molar-refractivity contribution in [2.75, 3.05) is 33.3 Å². The quantitative estimate of drug-likeness (QED) is 0.458. The lowest BCUT2D eigenvalue weighted by molar-refractivity contribution is -0.161. The molecule has 1 aliphatic rings. The summed E-state index contributed by atoms with van der Waals surface area (Å²) >= 11 is 0. The van der Waals surface area contributed by atoms with E-state index >= 15 is 0 Å². The molecule has 0 aliphatic carbocycles. The first-order chi connectivity index (χ1) is 15.1. The van der Waals surface area contributed by atoms with Crippen LogP contribution in [0.5, 0.6) is 0 Å². The molecular weight excluding hydrogens is 416 g/mol. The number of hydroxylamine groups is 3. The smallest absolute Gasteiger partial charge is 0.410 e. The second-order valence-electron chi connectivity index (χ2n) is 8.45. The Morgan fingerprint density at radius 1 is 1.22 bits per heavy atom. The van der Waals surface area contributed by atoms with E-state index in [1.54, 1.807) is 34.7 Å². The minimum Gasteiger partial charge on any atom is -0.444 e. The summed E-state index contributed by atoms with van der Waals surface area (Å²) in [7, 11) is 1.59. The maximum atomic E-state index is 12.7. The molecule has 1 aromatic carbocycles. The fraction of sp³-hybridized carbons (Fsp3) is 0.591. The number of nitrogens with zero attached hydrogens (tertiary/aromatic N) is 3. The number of amides is 4. The zero-order chi connectivity index (χ0) is 23.7. The van der Waals surface area contributed by atoms with Crippen LogP contribution in [0.4, 0.5) is 9.59 Å². The molecule has 10 nitrogen and oxygen atoms in total. The van der Waals surface area contributed by atoms with Crippen LogP contribution in [0.25, 0.3) is 0 Å². The highest BCUT2D eigenvalue weighted by Crippen LogP contribution is 2.18. The molecule has 1 aromatic rings. The highest BCUT2D eigenvalue weighted by atomic mass is 16.7. The van der Waals surface area contributed by atoms with Crippen molar-refractivity contribution in [2.24, 2.45) is 0 Å². The number of ether oxygens (including phenoxy) is 1. The predicted molar refractivity (Wildman–Crippen MR) is 117 cm³/mol. The van der Waals surface area contributed by atoms with Crippen molar-refractivity contribution in [3.05, 3.63) is 35.9 Å².